The fourth-order valence-corrected chi connectivity index (χ4v) is 2.50. The second kappa shape index (κ2) is 9.27. The second-order valence-electron chi connectivity index (χ2n) is 5.72. The number of aromatic hydroxyl groups is 1. The molecule has 0 spiro atoms. The summed E-state index contributed by atoms with van der Waals surface area (Å²) in [6.07, 6.45) is 2.88. The van der Waals surface area contributed by atoms with Gasteiger partial charge in [-0.2, -0.15) is 0 Å². The van der Waals surface area contributed by atoms with E-state index >= 15 is 0 Å². The lowest BCUT2D eigenvalue weighted by molar-refractivity contribution is -0.137. The third kappa shape index (κ3) is 5.66. The number of carbonyl (C=O) groups is 2. The quantitative estimate of drug-likeness (QED) is 0.633. The number of hydrogen-bond acceptors (Lipinski definition) is 4. The molecule has 2 aromatic rings. The van der Waals surface area contributed by atoms with Crippen LogP contribution in [0.2, 0.25) is 0 Å². The van der Waals surface area contributed by atoms with E-state index in [4.69, 9.17) is 9.84 Å². The van der Waals surface area contributed by atoms with Gasteiger partial charge >= 0.3 is 5.97 Å². The molecule has 0 aliphatic rings. The molecule has 0 aromatic heterocycles. The van der Waals surface area contributed by atoms with E-state index in [-0.39, 0.29) is 30.5 Å². The number of hydrogen-bond donors (Lipinski definition) is 3. The fourth-order valence-electron chi connectivity index (χ4n) is 2.50. The molecule has 136 valence electrons. The summed E-state index contributed by atoms with van der Waals surface area (Å²) in [5.41, 5.74) is 1.56. The summed E-state index contributed by atoms with van der Waals surface area (Å²) in [7, 11) is 1.45. The predicted octanol–water partition coefficient (Wildman–Crippen LogP) is 2.79. The zero-order chi connectivity index (χ0) is 18.9. The largest absolute Gasteiger partial charge is 0.504 e. The number of aliphatic carboxylic acids is 1. The van der Waals surface area contributed by atoms with Crippen molar-refractivity contribution in [3.05, 3.63) is 65.7 Å². The van der Waals surface area contributed by atoms with Crippen molar-refractivity contribution >= 4 is 18.0 Å². The van der Waals surface area contributed by atoms with Gasteiger partial charge in [0.15, 0.2) is 11.5 Å². The van der Waals surface area contributed by atoms with E-state index in [9.17, 15) is 14.7 Å². The molecular formula is C20H21NO5. The molecule has 0 fully saturated rings. The minimum Gasteiger partial charge on any atom is -0.504 e. The normalized spacial score (nSPS) is 11.9. The number of phenolic OH excluding ortho intramolecular Hbond substituents is 1. The van der Waals surface area contributed by atoms with Crippen LogP contribution < -0.4 is 10.1 Å². The van der Waals surface area contributed by atoms with Gasteiger partial charge in [0.1, 0.15) is 0 Å². The zero-order valence-electron chi connectivity index (χ0n) is 14.4. The monoisotopic (exact) mass is 355 g/mol. The molecule has 26 heavy (non-hydrogen) atoms. The molecule has 0 aliphatic carbocycles. The highest BCUT2D eigenvalue weighted by molar-refractivity contribution is 5.91. The van der Waals surface area contributed by atoms with Gasteiger partial charge in [0.25, 0.3) is 0 Å². The Kier molecular flexibility index (Phi) is 6.79. The van der Waals surface area contributed by atoms with Crippen LogP contribution in [-0.4, -0.2) is 35.7 Å². The molecule has 0 unspecified atom stereocenters. The zero-order valence-corrected chi connectivity index (χ0v) is 14.4. The van der Waals surface area contributed by atoms with Crippen LogP contribution in [0.3, 0.4) is 0 Å². The summed E-state index contributed by atoms with van der Waals surface area (Å²) in [5, 5.41) is 21.4. The molecule has 0 aliphatic heterocycles. The smallest absolute Gasteiger partial charge is 0.304 e. The third-order valence-corrected chi connectivity index (χ3v) is 3.85. The number of rotatable bonds is 8. The van der Waals surface area contributed by atoms with Crippen molar-refractivity contribution in [2.75, 3.05) is 13.7 Å². The van der Waals surface area contributed by atoms with Gasteiger partial charge in [-0.25, -0.2) is 0 Å². The first-order valence-corrected chi connectivity index (χ1v) is 8.09. The molecule has 1 amide bonds. The number of carbonyl (C=O) groups excluding carboxylic acids is 1. The summed E-state index contributed by atoms with van der Waals surface area (Å²) >= 11 is 0. The number of nitrogens with one attached hydrogen (secondary N) is 1. The van der Waals surface area contributed by atoms with Gasteiger partial charge in [0.05, 0.1) is 13.5 Å². The summed E-state index contributed by atoms with van der Waals surface area (Å²) in [4.78, 5) is 23.1. The standard InChI is InChI=1S/C20H21NO5/c1-26-18-11-14(7-9-17(18)22)8-10-19(23)21-13-16(12-20(24)25)15-5-3-2-4-6-15/h2-11,16,22H,12-13H2,1H3,(H,21,23)(H,24,25)/b10-8+/t16-/m0/s1. The van der Waals surface area contributed by atoms with Crippen molar-refractivity contribution in [1.29, 1.82) is 0 Å². The van der Waals surface area contributed by atoms with Gasteiger partial charge in [-0.05, 0) is 29.3 Å². The maximum absolute atomic E-state index is 12.0. The minimum absolute atomic E-state index is 0.0217. The highest BCUT2D eigenvalue weighted by Crippen LogP contribution is 2.26. The maximum atomic E-state index is 12.0. The van der Waals surface area contributed by atoms with Crippen molar-refractivity contribution in [2.24, 2.45) is 0 Å². The van der Waals surface area contributed by atoms with Crippen LogP contribution in [0.15, 0.2) is 54.6 Å². The number of carboxylic acid groups (broad SMARTS) is 1. The van der Waals surface area contributed by atoms with Crippen LogP contribution in [0, 0.1) is 0 Å². The lowest BCUT2D eigenvalue weighted by Crippen LogP contribution is -2.28. The molecule has 6 nitrogen and oxygen atoms in total. The summed E-state index contributed by atoms with van der Waals surface area (Å²) < 4.78 is 5.02. The van der Waals surface area contributed by atoms with Crippen molar-refractivity contribution < 1.29 is 24.5 Å². The van der Waals surface area contributed by atoms with Gasteiger partial charge in [0.2, 0.25) is 5.91 Å². The lowest BCUT2D eigenvalue weighted by Gasteiger charge is -2.15. The Bertz CT molecular complexity index is 786. The molecule has 0 radical (unpaired) electrons. The molecule has 0 saturated carbocycles. The highest BCUT2D eigenvalue weighted by Gasteiger charge is 2.16. The summed E-state index contributed by atoms with van der Waals surface area (Å²) in [6, 6.07) is 14.0. The number of phenols is 1. The maximum Gasteiger partial charge on any atom is 0.304 e. The SMILES string of the molecule is COc1cc(/C=C/C(=O)NC[C@H](CC(=O)O)c2ccccc2)ccc1O. The van der Waals surface area contributed by atoms with Crippen LogP contribution in [0.25, 0.3) is 6.08 Å². The molecular weight excluding hydrogens is 334 g/mol. The van der Waals surface area contributed by atoms with Crippen molar-refractivity contribution in [2.45, 2.75) is 12.3 Å². The average molecular weight is 355 g/mol. The Morgan fingerprint density at radius 2 is 1.92 bits per heavy atom. The van der Waals surface area contributed by atoms with E-state index < -0.39 is 5.97 Å². The first kappa shape index (κ1) is 19.1. The van der Waals surface area contributed by atoms with Crippen LogP contribution in [0.5, 0.6) is 11.5 Å². The molecule has 0 bridgehead atoms. The van der Waals surface area contributed by atoms with Gasteiger partial charge in [-0.3, -0.25) is 9.59 Å². The van der Waals surface area contributed by atoms with Crippen LogP contribution in [0.1, 0.15) is 23.5 Å². The van der Waals surface area contributed by atoms with E-state index in [0.717, 1.165) is 5.56 Å². The van der Waals surface area contributed by atoms with Crippen molar-refractivity contribution in [1.82, 2.24) is 5.32 Å². The second-order valence-corrected chi connectivity index (χ2v) is 5.72. The lowest BCUT2D eigenvalue weighted by atomic mass is 9.96. The van der Waals surface area contributed by atoms with Crippen LogP contribution in [0.4, 0.5) is 0 Å². The average Bonchev–Trinajstić information content (AvgIpc) is 2.64. The topological polar surface area (TPSA) is 95.9 Å². The number of amides is 1. The Hall–Kier alpha value is -3.28. The first-order chi connectivity index (χ1) is 12.5. The summed E-state index contributed by atoms with van der Waals surface area (Å²) in [5.74, 6) is -1.21. The molecule has 2 rings (SSSR count). The van der Waals surface area contributed by atoms with Gasteiger partial charge < -0.3 is 20.3 Å². The third-order valence-electron chi connectivity index (χ3n) is 3.85. The Balaban J connectivity index is 1.98. The van der Waals surface area contributed by atoms with Gasteiger partial charge in [-0.1, -0.05) is 36.4 Å². The van der Waals surface area contributed by atoms with E-state index in [1.807, 2.05) is 30.3 Å². The molecule has 0 saturated heterocycles. The van der Waals surface area contributed by atoms with Crippen molar-refractivity contribution in [3.63, 3.8) is 0 Å². The minimum atomic E-state index is -0.917. The fraction of sp³-hybridized carbons (Fsp3) is 0.200. The number of benzene rings is 2. The number of methoxy groups -OCH3 is 1. The van der Waals surface area contributed by atoms with E-state index in [2.05, 4.69) is 5.32 Å². The molecule has 2 aromatic carbocycles. The van der Waals surface area contributed by atoms with E-state index in [0.29, 0.717) is 11.3 Å². The molecule has 0 heterocycles. The Labute approximate surface area is 151 Å². The van der Waals surface area contributed by atoms with Crippen LogP contribution >= 0.6 is 0 Å². The number of ether oxygens (including phenoxy) is 1. The Morgan fingerprint density at radius 1 is 1.19 bits per heavy atom. The summed E-state index contributed by atoms with van der Waals surface area (Å²) in [6.45, 7) is 0.221. The highest BCUT2D eigenvalue weighted by atomic mass is 16.5. The Morgan fingerprint density at radius 3 is 2.58 bits per heavy atom. The predicted molar refractivity (Wildman–Crippen MR) is 98.1 cm³/mol. The molecule has 1 atom stereocenters. The number of carboxylic acids is 1. The van der Waals surface area contributed by atoms with Crippen molar-refractivity contribution in [3.8, 4) is 11.5 Å². The molecule has 6 heteroatoms. The van der Waals surface area contributed by atoms with E-state index in [1.54, 1.807) is 18.2 Å². The van der Waals surface area contributed by atoms with Crippen LogP contribution in [-0.2, 0) is 9.59 Å². The first-order valence-electron chi connectivity index (χ1n) is 8.09. The van der Waals surface area contributed by atoms with Gasteiger partial charge in [0, 0.05) is 18.5 Å². The molecule has 3 N–H and O–H groups in total. The van der Waals surface area contributed by atoms with Gasteiger partial charge in [-0.15, -0.1) is 0 Å². The van der Waals surface area contributed by atoms with E-state index in [1.165, 1.54) is 19.3 Å².